The van der Waals surface area contributed by atoms with E-state index in [1.165, 1.54) is 21.1 Å². The van der Waals surface area contributed by atoms with Gasteiger partial charge in [0.1, 0.15) is 17.7 Å². The summed E-state index contributed by atoms with van der Waals surface area (Å²) in [6.07, 6.45) is -0.432. The molecular weight excluding hydrogens is 330 g/mol. The van der Waals surface area contributed by atoms with E-state index < -0.39 is 23.7 Å². The molecule has 0 bridgehead atoms. The van der Waals surface area contributed by atoms with Crippen LogP contribution in [0, 0.1) is 11.6 Å². The molecule has 0 saturated carbocycles. The summed E-state index contributed by atoms with van der Waals surface area (Å²) >= 11 is 0. The van der Waals surface area contributed by atoms with Gasteiger partial charge in [-0.25, -0.2) is 8.78 Å². The van der Waals surface area contributed by atoms with Crippen LogP contribution in [0.5, 0.6) is 11.5 Å². The predicted molar refractivity (Wildman–Crippen MR) is 88.7 cm³/mol. The van der Waals surface area contributed by atoms with Gasteiger partial charge in [-0.2, -0.15) is 0 Å². The van der Waals surface area contributed by atoms with E-state index in [9.17, 15) is 13.6 Å². The van der Waals surface area contributed by atoms with Gasteiger partial charge in [0.2, 0.25) is 0 Å². The first-order chi connectivity index (χ1) is 12.0. The Morgan fingerprint density at radius 2 is 1.88 bits per heavy atom. The first-order valence-electron chi connectivity index (χ1n) is 7.80. The van der Waals surface area contributed by atoms with Crippen LogP contribution in [0.4, 0.5) is 8.78 Å². The number of halogens is 2. The van der Waals surface area contributed by atoms with Crippen LogP contribution in [0.1, 0.15) is 30.6 Å². The van der Waals surface area contributed by atoms with Crippen molar-refractivity contribution in [2.45, 2.75) is 25.9 Å². The maximum atomic E-state index is 13.7. The Balaban J connectivity index is 2.00. The number of carbonyl (C=O) groups is 1. The second kappa shape index (κ2) is 8.46. The Morgan fingerprint density at radius 3 is 2.56 bits per heavy atom. The van der Waals surface area contributed by atoms with Gasteiger partial charge >= 0.3 is 5.97 Å². The molecule has 0 radical (unpaired) electrons. The molecular formula is C19H20F2O4. The summed E-state index contributed by atoms with van der Waals surface area (Å²) in [5.74, 6) is -0.580. The number of rotatable bonds is 7. The van der Waals surface area contributed by atoms with Crippen molar-refractivity contribution in [1.29, 1.82) is 0 Å². The van der Waals surface area contributed by atoms with Gasteiger partial charge in [-0.15, -0.1) is 0 Å². The highest BCUT2D eigenvalue weighted by molar-refractivity contribution is 5.70. The van der Waals surface area contributed by atoms with Crippen LogP contribution in [0.15, 0.2) is 36.4 Å². The smallest absolute Gasteiger partial charge is 0.306 e. The summed E-state index contributed by atoms with van der Waals surface area (Å²) < 4.78 is 42.7. The predicted octanol–water partition coefficient (Wildman–Crippen LogP) is 4.22. The van der Waals surface area contributed by atoms with Crippen LogP contribution in [0.3, 0.4) is 0 Å². The van der Waals surface area contributed by atoms with E-state index in [0.29, 0.717) is 17.9 Å². The average Bonchev–Trinajstić information content (AvgIpc) is 2.61. The van der Waals surface area contributed by atoms with Gasteiger partial charge in [0.25, 0.3) is 0 Å². The molecule has 4 nitrogen and oxygen atoms in total. The summed E-state index contributed by atoms with van der Waals surface area (Å²) in [4.78, 5) is 12.0. The number of hydrogen-bond acceptors (Lipinski definition) is 4. The molecule has 2 aromatic rings. The van der Waals surface area contributed by atoms with E-state index in [1.54, 1.807) is 12.1 Å². The first kappa shape index (κ1) is 18.7. The van der Waals surface area contributed by atoms with Gasteiger partial charge < -0.3 is 14.2 Å². The summed E-state index contributed by atoms with van der Waals surface area (Å²) in [6, 6.07) is 8.43. The number of esters is 1. The molecule has 0 amide bonds. The second-order valence-electron chi connectivity index (χ2n) is 5.45. The summed E-state index contributed by atoms with van der Waals surface area (Å²) in [7, 11) is 3.06. The Labute approximate surface area is 145 Å². The Morgan fingerprint density at radius 1 is 1.12 bits per heavy atom. The number of methoxy groups -OCH3 is 2. The minimum Gasteiger partial charge on any atom is -0.493 e. The highest BCUT2D eigenvalue weighted by atomic mass is 19.1. The summed E-state index contributed by atoms with van der Waals surface area (Å²) in [6.45, 7) is 1.50. The average molecular weight is 350 g/mol. The number of carbonyl (C=O) groups excluding carboxylic acids is 1. The van der Waals surface area contributed by atoms with Crippen LogP contribution in [0.2, 0.25) is 0 Å². The van der Waals surface area contributed by atoms with Gasteiger partial charge in [-0.3, -0.25) is 4.79 Å². The third-order valence-electron chi connectivity index (χ3n) is 3.79. The lowest BCUT2D eigenvalue weighted by Gasteiger charge is -2.15. The minimum absolute atomic E-state index is 0.00677. The SMILES string of the molecule is COc1cccc(CCC(=O)OC(C)c2cc(F)ccc2F)c1OC. The highest BCUT2D eigenvalue weighted by Crippen LogP contribution is 2.31. The van der Waals surface area contributed by atoms with Gasteiger partial charge in [0.15, 0.2) is 11.5 Å². The topological polar surface area (TPSA) is 44.8 Å². The minimum atomic E-state index is -0.879. The van der Waals surface area contributed by atoms with Crippen molar-refractivity contribution in [3.63, 3.8) is 0 Å². The standard InChI is InChI=1S/C19H20F2O4/c1-12(15-11-14(20)8-9-16(15)21)25-18(22)10-7-13-5-4-6-17(23-2)19(13)24-3/h4-6,8-9,11-12H,7,10H2,1-3H3. The molecule has 0 N–H and O–H groups in total. The molecule has 0 heterocycles. The fourth-order valence-electron chi connectivity index (χ4n) is 2.53. The molecule has 2 aromatic carbocycles. The molecule has 0 aliphatic carbocycles. The Bertz CT molecular complexity index is 746. The van der Waals surface area contributed by atoms with E-state index in [4.69, 9.17) is 14.2 Å². The zero-order valence-electron chi connectivity index (χ0n) is 14.3. The molecule has 1 atom stereocenters. The molecule has 0 aliphatic heterocycles. The summed E-state index contributed by atoms with van der Waals surface area (Å²) in [5.41, 5.74) is 0.802. The van der Waals surface area contributed by atoms with Gasteiger partial charge in [-0.05, 0) is 43.2 Å². The van der Waals surface area contributed by atoms with Crippen molar-refractivity contribution in [2.75, 3.05) is 14.2 Å². The zero-order chi connectivity index (χ0) is 18.4. The number of hydrogen-bond donors (Lipinski definition) is 0. The molecule has 0 saturated heterocycles. The van der Waals surface area contributed by atoms with Gasteiger partial charge in [0, 0.05) is 12.0 Å². The fraction of sp³-hybridized carbons (Fsp3) is 0.316. The number of benzene rings is 2. The van der Waals surface area contributed by atoms with Crippen molar-refractivity contribution in [1.82, 2.24) is 0 Å². The maximum Gasteiger partial charge on any atom is 0.306 e. The van der Waals surface area contributed by atoms with Crippen molar-refractivity contribution in [3.05, 3.63) is 59.2 Å². The third kappa shape index (κ3) is 4.68. The van der Waals surface area contributed by atoms with E-state index >= 15 is 0 Å². The zero-order valence-corrected chi connectivity index (χ0v) is 14.3. The summed E-state index contributed by atoms with van der Waals surface area (Å²) in [5, 5.41) is 0. The monoisotopic (exact) mass is 350 g/mol. The quantitative estimate of drug-likeness (QED) is 0.702. The molecule has 1 unspecified atom stereocenters. The molecule has 0 spiro atoms. The Kier molecular flexibility index (Phi) is 6.33. The van der Waals surface area contributed by atoms with Crippen LogP contribution in [0.25, 0.3) is 0 Å². The molecule has 134 valence electrons. The van der Waals surface area contributed by atoms with Crippen LogP contribution in [-0.4, -0.2) is 20.2 Å². The molecule has 2 rings (SSSR count). The van der Waals surface area contributed by atoms with Crippen LogP contribution < -0.4 is 9.47 Å². The van der Waals surface area contributed by atoms with Crippen LogP contribution >= 0.6 is 0 Å². The van der Waals surface area contributed by atoms with Crippen molar-refractivity contribution in [2.24, 2.45) is 0 Å². The van der Waals surface area contributed by atoms with E-state index in [1.807, 2.05) is 6.07 Å². The van der Waals surface area contributed by atoms with Crippen molar-refractivity contribution in [3.8, 4) is 11.5 Å². The lowest BCUT2D eigenvalue weighted by molar-refractivity contribution is -0.148. The second-order valence-corrected chi connectivity index (χ2v) is 5.45. The van der Waals surface area contributed by atoms with Gasteiger partial charge in [-0.1, -0.05) is 12.1 Å². The number of para-hydroxylation sites is 1. The van der Waals surface area contributed by atoms with Gasteiger partial charge in [0.05, 0.1) is 14.2 Å². The lowest BCUT2D eigenvalue weighted by Crippen LogP contribution is -2.11. The Hall–Kier alpha value is -2.63. The molecule has 25 heavy (non-hydrogen) atoms. The van der Waals surface area contributed by atoms with Crippen LogP contribution in [-0.2, 0) is 16.0 Å². The molecule has 6 heteroatoms. The van der Waals surface area contributed by atoms with E-state index in [2.05, 4.69) is 0 Å². The third-order valence-corrected chi connectivity index (χ3v) is 3.79. The molecule has 0 aromatic heterocycles. The van der Waals surface area contributed by atoms with E-state index in [0.717, 1.165) is 23.8 Å². The van der Waals surface area contributed by atoms with Crippen molar-refractivity contribution < 1.29 is 27.8 Å². The van der Waals surface area contributed by atoms with E-state index in [-0.39, 0.29) is 12.0 Å². The largest absolute Gasteiger partial charge is 0.493 e. The molecule has 0 aliphatic rings. The normalized spacial score (nSPS) is 11.7. The maximum absolute atomic E-state index is 13.7. The number of ether oxygens (including phenoxy) is 3. The fourth-order valence-corrected chi connectivity index (χ4v) is 2.53. The van der Waals surface area contributed by atoms with Crippen molar-refractivity contribution >= 4 is 5.97 Å². The number of aryl methyl sites for hydroxylation is 1. The highest BCUT2D eigenvalue weighted by Gasteiger charge is 2.17. The molecule has 0 fully saturated rings. The lowest BCUT2D eigenvalue weighted by atomic mass is 10.1. The first-order valence-corrected chi connectivity index (χ1v) is 7.80.